The molecule has 3 heterocycles. The number of anilines is 1. The zero-order valence-electron chi connectivity index (χ0n) is 22.2. The third-order valence-corrected chi connectivity index (χ3v) is 6.62. The first-order valence-corrected chi connectivity index (χ1v) is 13.0. The highest BCUT2D eigenvalue weighted by atomic mass is 16.3. The fourth-order valence-corrected chi connectivity index (χ4v) is 4.59. The first kappa shape index (κ1) is 26.1. The van der Waals surface area contributed by atoms with Crippen molar-refractivity contribution >= 4 is 11.4 Å². The van der Waals surface area contributed by atoms with Gasteiger partial charge in [-0.1, -0.05) is 54.6 Å². The largest absolute Gasteiger partial charge is 0.447 e. The first-order valence-electron chi connectivity index (χ1n) is 13.0. The molecule has 0 saturated heterocycles. The van der Waals surface area contributed by atoms with Gasteiger partial charge in [0.05, 0.1) is 29.0 Å². The summed E-state index contributed by atoms with van der Waals surface area (Å²) in [5, 5.41) is 11.2. The molecule has 198 valence electrons. The molecule has 3 aromatic carbocycles. The number of nitrogens with zero attached hydrogens (tertiary/aromatic N) is 5. The van der Waals surface area contributed by atoms with Gasteiger partial charge in [-0.3, -0.25) is 5.01 Å². The lowest BCUT2D eigenvalue weighted by atomic mass is 10.0. The SMILES string of the molecule is Cc1cc(C)n(-c2ccc(CN)cc2)n1.NCc1ccc(N2N=C(c3ccccc3)CC2c2ncco2)cc1. The molecule has 2 aromatic heterocycles. The Labute approximate surface area is 228 Å². The molecule has 1 aliphatic heterocycles. The van der Waals surface area contributed by atoms with Crippen LogP contribution in [0.5, 0.6) is 0 Å². The monoisotopic (exact) mass is 519 g/mol. The molecule has 0 radical (unpaired) electrons. The number of aromatic nitrogens is 3. The van der Waals surface area contributed by atoms with Crippen LogP contribution in [0.2, 0.25) is 0 Å². The fourth-order valence-electron chi connectivity index (χ4n) is 4.59. The third kappa shape index (κ3) is 5.98. The third-order valence-electron chi connectivity index (χ3n) is 6.62. The van der Waals surface area contributed by atoms with E-state index in [1.165, 1.54) is 0 Å². The number of oxazole rings is 1. The minimum atomic E-state index is -0.0427. The van der Waals surface area contributed by atoms with Gasteiger partial charge in [0.15, 0.2) is 0 Å². The Kier molecular flexibility index (Phi) is 7.96. The minimum absolute atomic E-state index is 0.0427. The van der Waals surface area contributed by atoms with E-state index in [4.69, 9.17) is 21.0 Å². The molecule has 39 heavy (non-hydrogen) atoms. The molecule has 0 saturated carbocycles. The molecular formula is C31H33N7O. The second-order valence-corrected chi connectivity index (χ2v) is 9.43. The smallest absolute Gasteiger partial charge is 0.219 e. The van der Waals surface area contributed by atoms with Crippen molar-refractivity contribution in [1.29, 1.82) is 0 Å². The van der Waals surface area contributed by atoms with Gasteiger partial charge in [0.25, 0.3) is 0 Å². The molecule has 1 atom stereocenters. The Morgan fingerprint density at radius 1 is 0.846 bits per heavy atom. The Bertz CT molecular complexity index is 1510. The molecule has 5 aromatic rings. The number of hydrogen-bond acceptors (Lipinski definition) is 7. The van der Waals surface area contributed by atoms with Gasteiger partial charge in [-0.2, -0.15) is 10.2 Å². The van der Waals surface area contributed by atoms with Crippen LogP contribution in [0.3, 0.4) is 0 Å². The molecule has 1 unspecified atom stereocenters. The molecule has 6 rings (SSSR count). The standard InChI is InChI=1S/C19H18N4O.C12H15N3/c20-13-14-6-8-16(9-7-14)23-18(19-21-10-11-24-19)12-17(22-23)15-4-2-1-3-5-15;1-9-7-10(2)15(14-9)12-5-3-11(8-13)4-6-12/h1-11,18H,12-13,20H2;3-7H,8,13H2,1-2H3. The maximum Gasteiger partial charge on any atom is 0.219 e. The van der Waals surface area contributed by atoms with Gasteiger partial charge in [0.2, 0.25) is 5.89 Å². The molecule has 8 heteroatoms. The summed E-state index contributed by atoms with van der Waals surface area (Å²) in [5.41, 5.74) is 19.9. The number of benzene rings is 3. The predicted molar refractivity (Wildman–Crippen MR) is 155 cm³/mol. The summed E-state index contributed by atoms with van der Waals surface area (Å²) in [6.07, 6.45) is 4.03. The van der Waals surface area contributed by atoms with Crippen LogP contribution in [0.15, 0.2) is 107 Å². The summed E-state index contributed by atoms with van der Waals surface area (Å²) in [6, 6.07) is 28.5. The Morgan fingerprint density at radius 3 is 2.03 bits per heavy atom. The zero-order valence-corrected chi connectivity index (χ0v) is 22.2. The minimum Gasteiger partial charge on any atom is -0.447 e. The first-order chi connectivity index (χ1) is 19.1. The Balaban J connectivity index is 0.000000177. The van der Waals surface area contributed by atoms with E-state index in [-0.39, 0.29) is 6.04 Å². The van der Waals surface area contributed by atoms with Gasteiger partial charge in [-0.05, 0) is 60.9 Å². The summed E-state index contributed by atoms with van der Waals surface area (Å²) in [6.45, 7) is 5.16. The van der Waals surface area contributed by atoms with Crippen LogP contribution in [-0.2, 0) is 13.1 Å². The number of hydrogen-bond donors (Lipinski definition) is 2. The van der Waals surface area contributed by atoms with Gasteiger partial charge in [0, 0.05) is 25.2 Å². The number of hydrazone groups is 1. The molecule has 0 spiro atoms. The Morgan fingerprint density at radius 2 is 1.49 bits per heavy atom. The van der Waals surface area contributed by atoms with E-state index in [9.17, 15) is 0 Å². The van der Waals surface area contributed by atoms with Crippen LogP contribution in [-0.4, -0.2) is 20.5 Å². The second-order valence-electron chi connectivity index (χ2n) is 9.43. The van der Waals surface area contributed by atoms with Crippen LogP contribution in [0.25, 0.3) is 5.69 Å². The van der Waals surface area contributed by atoms with E-state index < -0.39 is 0 Å². The van der Waals surface area contributed by atoms with E-state index in [0.717, 1.165) is 51.6 Å². The number of aryl methyl sites for hydroxylation is 2. The summed E-state index contributed by atoms with van der Waals surface area (Å²) < 4.78 is 7.49. The predicted octanol–water partition coefficient (Wildman–Crippen LogP) is 5.44. The van der Waals surface area contributed by atoms with Crippen molar-refractivity contribution in [3.05, 3.63) is 131 Å². The molecule has 4 N–H and O–H groups in total. The highest BCUT2D eigenvalue weighted by Gasteiger charge is 2.32. The van der Waals surface area contributed by atoms with Gasteiger partial charge in [-0.15, -0.1) is 0 Å². The number of rotatable bonds is 6. The van der Waals surface area contributed by atoms with Crippen molar-refractivity contribution in [1.82, 2.24) is 14.8 Å². The fraction of sp³-hybridized carbons (Fsp3) is 0.194. The van der Waals surface area contributed by atoms with Crippen molar-refractivity contribution < 1.29 is 4.42 Å². The summed E-state index contributed by atoms with van der Waals surface area (Å²) in [4.78, 5) is 4.33. The normalized spacial score (nSPS) is 14.6. The summed E-state index contributed by atoms with van der Waals surface area (Å²) in [5.74, 6) is 0.674. The molecular weight excluding hydrogens is 486 g/mol. The van der Waals surface area contributed by atoms with E-state index >= 15 is 0 Å². The highest BCUT2D eigenvalue weighted by molar-refractivity contribution is 6.03. The molecule has 0 fully saturated rings. The van der Waals surface area contributed by atoms with Crippen molar-refractivity contribution in [3.8, 4) is 5.69 Å². The lowest BCUT2D eigenvalue weighted by Crippen LogP contribution is -2.18. The van der Waals surface area contributed by atoms with E-state index in [1.54, 1.807) is 12.5 Å². The van der Waals surface area contributed by atoms with Gasteiger partial charge in [-0.25, -0.2) is 9.67 Å². The van der Waals surface area contributed by atoms with Crippen molar-refractivity contribution in [2.45, 2.75) is 39.4 Å². The highest BCUT2D eigenvalue weighted by Crippen LogP contribution is 2.36. The van der Waals surface area contributed by atoms with E-state index in [1.807, 2.05) is 83.3 Å². The van der Waals surface area contributed by atoms with Crippen LogP contribution in [0, 0.1) is 13.8 Å². The van der Waals surface area contributed by atoms with Crippen LogP contribution in [0.1, 0.15) is 46.4 Å². The van der Waals surface area contributed by atoms with Crippen molar-refractivity contribution in [2.24, 2.45) is 16.6 Å². The average Bonchev–Trinajstić information content (AvgIpc) is 3.74. The number of nitrogens with two attached hydrogens (primary N) is 2. The lowest BCUT2D eigenvalue weighted by molar-refractivity contribution is 0.449. The van der Waals surface area contributed by atoms with Gasteiger partial charge >= 0.3 is 0 Å². The topological polar surface area (TPSA) is 111 Å². The van der Waals surface area contributed by atoms with Crippen LogP contribution in [0.4, 0.5) is 5.69 Å². The van der Waals surface area contributed by atoms with Crippen LogP contribution >= 0.6 is 0 Å². The molecule has 0 bridgehead atoms. The van der Waals surface area contributed by atoms with Gasteiger partial charge in [0.1, 0.15) is 12.3 Å². The quantitative estimate of drug-likeness (QED) is 0.309. The lowest BCUT2D eigenvalue weighted by Gasteiger charge is -2.21. The summed E-state index contributed by atoms with van der Waals surface area (Å²) in [7, 11) is 0. The van der Waals surface area contributed by atoms with Crippen molar-refractivity contribution in [3.63, 3.8) is 0 Å². The molecule has 1 aliphatic rings. The average molecular weight is 520 g/mol. The van der Waals surface area contributed by atoms with E-state index in [2.05, 4.69) is 35.2 Å². The van der Waals surface area contributed by atoms with Crippen LogP contribution < -0.4 is 16.5 Å². The molecule has 8 nitrogen and oxygen atoms in total. The van der Waals surface area contributed by atoms with Crippen molar-refractivity contribution in [2.75, 3.05) is 5.01 Å². The Hall–Kier alpha value is -4.53. The van der Waals surface area contributed by atoms with E-state index in [0.29, 0.717) is 19.0 Å². The second kappa shape index (κ2) is 11.9. The maximum absolute atomic E-state index is 5.69. The zero-order chi connectivity index (χ0) is 27.2. The molecule has 0 aliphatic carbocycles. The maximum atomic E-state index is 5.69. The summed E-state index contributed by atoms with van der Waals surface area (Å²) >= 11 is 0. The van der Waals surface area contributed by atoms with Gasteiger partial charge < -0.3 is 15.9 Å². The molecule has 0 amide bonds.